The highest BCUT2D eigenvalue weighted by Crippen LogP contribution is 2.37. The quantitative estimate of drug-likeness (QED) is 0.865. The molecule has 5 nitrogen and oxygen atoms in total. The number of nitrogens with zero attached hydrogens (tertiary/aromatic N) is 2. The second kappa shape index (κ2) is 5.06. The summed E-state index contributed by atoms with van der Waals surface area (Å²) >= 11 is 0. The third-order valence-corrected chi connectivity index (χ3v) is 3.31. The molecule has 2 heterocycles. The fourth-order valence-electron chi connectivity index (χ4n) is 2.40. The molecule has 1 aromatic heterocycles. The smallest absolute Gasteiger partial charge is 0.162 e. The zero-order valence-electron chi connectivity index (χ0n) is 10.5. The monoisotopic (exact) mass is 240 g/mol. The van der Waals surface area contributed by atoms with E-state index in [1.165, 1.54) is 0 Å². The molecule has 0 amide bonds. The van der Waals surface area contributed by atoms with Gasteiger partial charge in [-0.15, -0.1) is 0 Å². The maximum atomic E-state index is 10.8. The van der Waals surface area contributed by atoms with Crippen LogP contribution in [0.25, 0.3) is 0 Å². The number of methoxy groups -OCH3 is 1. The van der Waals surface area contributed by atoms with E-state index in [1.807, 2.05) is 11.6 Å². The first kappa shape index (κ1) is 12.4. The summed E-state index contributed by atoms with van der Waals surface area (Å²) in [6, 6.07) is 0. The van der Waals surface area contributed by atoms with Gasteiger partial charge in [-0.2, -0.15) is 5.10 Å². The minimum Gasteiger partial charge on any atom is -0.493 e. The highest BCUT2D eigenvalue weighted by atomic mass is 16.5. The van der Waals surface area contributed by atoms with Crippen LogP contribution in [0.4, 0.5) is 0 Å². The van der Waals surface area contributed by atoms with Crippen LogP contribution in [-0.4, -0.2) is 35.2 Å². The van der Waals surface area contributed by atoms with E-state index >= 15 is 0 Å². The van der Waals surface area contributed by atoms with Crippen LogP contribution in [0.5, 0.6) is 5.75 Å². The lowest BCUT2D eigenvalue weighted by atomic mass is 9.90. The molecule has 1 atom stereocenters. The molecule has 0 bridgehead atoms. The van der Waals surface area contributed by atoms with Gasteiger partial charge in [0.2, 0.25) is 0 Å². The highest BCUT2D eigenvalue weighted by molar-refractivity contribution is 5.31. The Hall–Kier alpha value is -1.07. The van der Waals surface area contributed by atoms with Crippen LogP contribution in [0, 0.1) is 0 Å². The molecule has 17 heavy (non-hydrogen) atoms. The molecule has 96 valence electrons. The summed E-state index contributed by atoms with van der Waals surface area (Å²) in [6.45, 7) is 4.02. The Kier molecular flexibility index (Phi) is 3.69. The Morgan fingerprint density at radius 2 is 2.35 bits per heavy atom. The first-order chi connectivity index (χ1) is 8.21. The van der Waals surface area contributed by atoms with Crippen LogP contribution >= 0.6 is 0 Å². The first-order valence-corrected chi connectivity index (χ1v) is 6.11. The number of hydrogen-bond donors (Lipinski definition) is 1. The summed E-state index contributed by atoms with van der Waals surface area (Å²) < 4.78 is 12.5. The minimum absolute atomic E-state index is 0.578. The van der Waals surface area contributed by atoms with Gasteiger partial charge in [-0.05, 0) is 19.8 Å². The largest absolute Gasteiger partial charge is 0.493 e. The van der Waals surface area contributed by atoms with Crippen molar-refractivity contribution in [1.29, 1.82) is 0 Å². The van der Waals surface area contributed by atoms with Gasteiger partial charge in [0.1, 0.15) is 11.3 Å². The Morgan fingerprint density at radius 3 is 3.06 bits per heavy atom. The number of rotatable bonds is 3. The van der Waals surface area contributed by atoms with Crippen molar-refractivity contribution in [3.63, 3.8) is 0 Å². The molecule has 1 N–H and O–H groups in total. The second-order valence-electron chi connectivity index (χ2n) is 4.37. The van der Waals surface area contributed by atoms with E-state index in [4.69, 9.17) is 9.47 Å². The van der Waals surface area contributed by atoms with E-state index < -0.39 is 5.60 Å². The zero-order valence-corrected chi connectivity index (χ0v) is 10.5. The van der Waals surface area contributed by atoms with Gasteiger partial charge in [0.05, 0.1) is 13.3 Å². The van der Waals surface area contributed by atoms with Crippen LogP contribution in [0.1, 0.15) is 31.9 Å². The van der Waals surface area contributed by atoms with Gasteiger partial charge in [0.25, 0.3) is 0 Å². The SMILES string of the molecule is CCn1ncc(OC)c1C1(O)CCCOCC1. The average Bonchev–Trinajstić information content (AvgIpc) is 2.65. The molecular weight excluding hydrogens is 220 g/mol. The summed E-state index contributed by atoms with van der Waals surface area (Å²) in [5.41, 5.74) is -0.0954. The molecule has 1 fully saturated rings. The number of aromatic nitrogens is 2. The van der Waals surface area contributed by atoms with Gasteiger partial charge in [0, 0.05) is 26.2 Å². The summed E-state index contributed by atoms with van der Waals surface area (Å²) in [7, 11) is 1.61. The van der Waals surface area contributed by atoms with E-state index in [2.05, 4.69) is 5.10 Å². The lowest BCUT2D eigenvalue weighted by Gasteiger charge is -2.27. The van der Waals surface area contributed by atoms with Gasteiger partial charge in [-0.25, -0.2) is 0 Å². The minimum atomic E-state index is -0.881. The molecule has 0 radical (unpaired) electrons. The molecule has 5 heteroatoms. The molecular formula is C12H20N2O3. The van der Waals surface area contributed by atoms with E-state index in [9.17, 15) is 5.11 Å². The summed E-state index contributed by atoms with van der Waals surface area (Å²) in [4.78, 5) is 0. The van der Waals surface area contributed by atoms with Crippen molar-refractivity contribution < 1.29 is 14.6 Å². The van der Waals surface area contributed by atoms with Crippen molar-refractivity contribution in [2.24, 2.45) is 0 Å². The Labute approximate surface area is 101 Å². The van der Waals surface area contributed by atoms with Crippen molar-refractivity contribution in [3.8, 4) is 5.75 Å². The third-order valence-electron chi connectivity index (χ3n) is 3.31. The van der Waals surface area contributed by atoms with Crippen molar-refractivity contribution in [3.05, 3.63) is 11.9 Å². The molecule has 1 unspecified atom stereocenters. The molecule has 0 saturated carbocycles. The number of hydrogen-bond acceptors (Lipinski definition) is 4. The third kappa shape index (κ3) is 2.30. The Morgan fingerprint density at radius 1 is 1.53 bits per heavy atom. The molecule has 1 aromatic rings. The zero-order chi connectivity index (χ0) is 12.3. The predicted octanol–water partition coefficient (Wildman–Crippen LogP) is 1.30. The summed E-state index contributed by atoms with van der Waals surface area (Å²) in [5, 5.41) is 15.1. The molecule has 0 aliphatic carbocycles. The maximum absolute atomic E-state index is 10.8. The molecule has 0 spiro atoms. The van der Waals surface area contributed by atoms with Gasteiger partial charge in [-0.1, -0.05) is 0 Å². The average molecular weight is 240 g/mol. The fraction of sp³-hybridized carbons (Fsp3) is 0.750. The standard InChI is InChI=1S/C12H20N2O3/c1-3-14-11(10(16-2)9-13-14)12(15)5-4-7-17-8-6-12/h9,15H,3-8H2,1-2H3. The Balaban J connectivity index is 2.38. The Bertz CT molecular complexity index is 346. The highest BCUT2D eigenvalue weighted by Gasteiger charge is 2.36. The van der Waals surface area contributed by atoms with Crippen LogP contribution in [0.2, 0.25) is 0 Å². The van der Waals surface area contributed by atoms with Crippen molar-refractivity contribution in [2.75, 3.05) is 20.3 Å². The number of aliphatic hydroxyl groups is 1. The number of aryl methyl sites for hydroxylation is 1. The van der Waals surface area contributed by atoms with E-state index in [0.717, 1.165) is 18.7 Å². The lowest BCUT2D eigenvalue weighted by molar-refractivity contribution is 0.00431. The maximum Gasteiger partial charge on any atom is 0.162 e. The summed E-state index contributed by atoms with van der Waals surface area (Å²) in [5.74, 6) is 0.663. The molecule has 0 aromatic carbocycles. The van der Waals surface area contributed by atoms with Crippen LogP contribution in [0.3, 0.4) is 0 Å². The second-order valence-corrected chi connectivity index (χ2v) is 4.37. The van der Waals surface area contributed by atoms with Gasteiger partial charge < -0.3 is 14.6 Å². The predicted molar refractivity (Wildman–Crippen MR) is 63.0 cm³/mol. The number of ether oxygens (including phenoxy) is 2. The van der Waals surface area contributed by atoms with E-state index in [-0.39, 0.29) is 0 Å². The molecule has 1 aliphatic heterocycles. The van der Waals surface area contributed by atoms with Gasteiger partial charge in [0.15, 0.2) is 5.75 Å². The first-order valence-electron chi connectivity index (χ1n) is 6.11. The lowest BCUT2D eigenvalue weighted by Crippen LogP contribution is -2.30. The van der Waals surface area contributed by atoms with Gasteiger partial charge >= 0.3 is 0 Å². The van der Waals surface area contributed by atoms with Crippen LogP contribution < -0.4 is 4.74 Å². The molecule has 2 rings (SSSR count). The van der Waals surface area contributed by atoms with E-state index in [0.29, 0.717) is 31.8 Å². The summed E-state index contributed by atoms with van der Waals surface area (Å²) in [6.07, 6.45) is 3.81. The fourth-order valence-corrected chi connectivity index (χ4v) is 2.40. The van der Waals surface area contributed by atoms with Crippen LogP contribution in [0.15, 0.2) is 6.20 Å². The van der Waals surface area contributed by atoms with Crippen molar-refractivity contribution in [1.82, 2.24) is 9.78 Å². The topological polar surface area (TPSA) is 56.5 Å². The molecule has 1 aliphatic rings. The van der Waals surface area contributed by atoms with Crippen molar-refractivity contribution >= 4 is 0 Å². The normalized spacial score (nSPS) is 25.6. The van der Waals surface area contributed by atoms with Crippen molar-refractivity contribution in [2.45, 2.75) is 38.3 Å². The van der Waals surface area contributed by atoms with E-state index in [1.54, 1.807) is 13.3 Å². The van der Waals surface area contributed by atoms with Crippen LogP contribution in [-0.2, 0) is 16.9 Å². The molecule has 1 saturated heterocycles. The van der Waals surface area contributed by atoms with Gasteiger partial charge in [-0.3, -0.25) is 4.68 Å².